The van der Waals surface area contributed by atoms with E-state index in [4.69, 9.17) is 9.15 Å². The Hall–Kier alpha value is -3.68. The van der Waals surface area contributed by atoms with Crippen molar-refractivity contribution in [2.75, 3.05) is 18.1 Å². The molecule has 1 atom stereocenters. The average Bonchev–Trinajstić information content (AvgIpc) is 3.25. The molecule has 2 N–H and O–H groups in total. The van der Waals surface area contributed by atoms with Crippen molar-refractivity contribution >= 4 is 21.6 Å². The molecule has 0 bridgehead atoms. The summed E-state index contributed by atoms with van der Waals surface area (Å²) in [6, 6.07) is 3.82. The number of hydrogen-bond acceptors (Lipinski definition) is 6. The van der Waals surface area contributed by atoms with Crippen LogP contribution in [-0.2, 0) is 16.2 Å². The second-order valence-corrected chi connectivity index (χ2v) is 9.13. The van der Waals surface area contributed by atoms with Gasteiger partial charge in [-0.05, 0) is 42.8 Å². The van der Waals surface area contributed by atoms with E-state index in [1.165, 1.54) is 13.0 Å². The van der Waals surface area contributed by atoms with Gasteiger partial charge in [0, 0.05) is 5.56 Å². The van der Waals surface area contributed by atoms with Crippen molar-refractivity contribution in [3.05, 3.63) is 65.1 Å². The topological polar surface area (TPSA) is 111 Å². The Morgan fingerprint density at radius 3 is 2.31 bits per heavy atom. The number of hydrogen-bond donors (Lipinski definition) is 2. The van der Waals surface area contributed by atoms with Crippen LogP contribution in [0.15, 0.2) is 41.0 Å². The molecule has 0 aliphatic rings. The lowest BCUT2D eigenvalue weighted by Gasteiger charge is -2.15. The molecule has 0 saturated carbocycles. The summed E-state index contributed by atoms with van der Waals surface area (Å²) >= 11 is 0. The lowest BCUT2D eigenvalue weighted by Crippen LogP contribution is -2.27. The van der Waals surface area contributed by atoms with Gasteiger partial charge in [0.1, 0.15) is 17.7 Å². The highest BCUT2D eigenvalue weighted by Gasteiger charge is 2.35. The van der Waals surface area contributed by atoms with E-state index in [0.29, 0.717) is 0 Å². The summed E-state index contributed by atoms with van der Waals surface area (Å²) in [5.74, 6) is -3.91. The zero-order chi connectivity index (χ0) is 26.1. The van der Waals surface area contributed by atoms with E-state index in [9.17, 15) is 35.2 Å². The number of ether oxygens (including phenoxy) is 1. The van der Waals surface area contributed by atoms with Crippen LogP contribution < -0.4 is 14.8 Å². The van der Waals surface area contributed by atoms with Crippen molar-refractivity contribution in [2.45, 2.75) is 19.1 Å². The summed E-state index contributed by atoms with van der Waals surface area (Å²) in [4.78, 5) is 16.4. The van der Waals surface area contributed by atoms with Crippen molar-refractivity contribution < 1.29 is 44.3 Å². The zero-order valence-electron chi connectivity index (χ0n) is 18.3. The largest absolute Gasteiger partial charge is 0.496 e. The van der Waals surface area contributed by atoms with Gasteiger partial charge in [-0.25, -0.2) is 22.2 Å². The summed E-state index contributed by atoms with van der Waals surface area (Å²) < 4.78 is 102. The van der Waals surface area contributed by atoms with Gasteiger partial charge in [-0.15, -0.1) is 0 Å². The minimum atomic E-state index is -4.71. The molecule has 0 radical (unpaired) electrons. The Bertz CT molecular complexity index is 1350. The molecule has 3 aromatic rings. The van der Waals surface area contributed by atoms with Crippen molar-refractivity contribution in [1.29, 1.82) is 0 Å². The number of sulfonamides is 1. The SMILES string of the molecule is COc1ccc(-c2nc(C(=O)NC(C)c3cc(F)c(NS(C)(=O)=O)c(F)c3)co2)cc1C(F)(F)F. The van der Waals surface area contributed by atoms with E-state index in [2.05, 4.69) is 10.3 Å². The predicted molar refractivity (Wildman–Crippen MR) is 114 cm³/mol. The van der Waals surface area contributed by atoms with E-state index < -0.39 is 56.8 Å². The molecule has 0 aliphatic carbocycles. The summed E-state index contributed by atoms with van der Waals surface area (Å²) in [6.45, 7) is 1.40. The highest BCUT2D eigenvalue weighted by atomic mass is 32.2. The van der Waals surface area contributed by atoms with Gasteiger partial charge in [-0.2, -0.15) is 13.2 Å². The molecule has 1 aromatic heterocycles. The molecule has 14 heteroatoms. The van der Waals surface area contributed by atoms with E-state index in [1.54, 1.807) is 4.72 Å². The first-order valence-corrected chi connectivity index (χ1v) is 11.6. The Labute approximate surface area is 196 Å². The van der Waals surface area contributed by atoms with E-state index in [0.717, 1.165) is 43.9 Å². The molecule has 3 rings (SSSR count). The number of rotatable bonds is 7. The number of methoxy groups -OCH3 is 1. The minimum absolute atomic E-state index is 0.0268. The van der Waals surface area contributed by atoms with Crippen LogP contribution in [0.5, 0.6) is 5.75 Å². The highest BCUT2D eigenvalue weighted by Crippen LogP contribution is 2.38. The van der Waals surface area contributed by atoms with E-state index in [1.807, 2.05) is 0 Å². The van der Waals surface area contributed by atoms with Crippen LogP contribution in [0.1, 0.15) is 34.6 Å². The van der Waals surface area contributed by atoms with Gasteiger partial charge in [0.05, 0.1) is 25.0 Å². The lowest BCUT2D eigenvalue weighted by molar-refractivity contribution is -0.138. The molecule has 0 aliphatic heterocycles. The number of amides is 1. The average molecular weight is 519 g/mol. The predicted octanol–water partition coefficient (Wildman–Crippen LogP) is 4.51. The molecule has 2 aromatic carbocycles. The number of nitrogens with one attached hydrogen (secondary N) is 2. The molecule has 1 unspecified atom stereocenters. The van der Waals surface area contributed by atoms with Crippen molar-refractivity contribution in [2.24, 2.45) is 0 Å². The van der Waals surface area contributed by atoms with Crippen molar-refractivity contribution in [3.8, 4) is 17.2 Å². The molecule has 35 heavy (non-hydrogen) atoms. The number of carbonyl (C=O) groups is 1. The molecule has 1 heterocycles. The number of carbonyl (C=O) groups excluding carboxylic acids is 1. The summed E-state index contributed by atoms with van der Waals surface area (Å²) in [5, 5.41) is 2.42. The Balaban J connectivity index is 1.80. The van der Waals surface area contributed by atoms with Crippen LogP contribution in [0.25, 0.3) is 11.5 Å². The third kappa shape index (κ3) is 6.07. The molecule has 188 valence electrons. The van der Waals surface area contributed by atoms with Gasteiger partial charge in [-0.1, -0.05) is 0 Å². The van der Waals surface area contributed by atoms with Crippen LogP contribution in [0.2, 0.25) is 0 Å². The third-order valence-corrected chi connectivity index (χ3v) is 5.26. The van der Waals surface area contributed by atoms with Crippen LogP contribution in [0, 0.1) is 11.6 Å². The van der Waals surface area contributed by atoms with Crippen LogP contribution >= 0.6 is 0 Å². The first-order valence-electron chi connectivity index (χ1n) is 9.68. The number of benzene rings is 2. The summed E-state index contributed by atoms with van der Waals surface area (Å²) in [6.07, 6.45) is -3.07. The number of oxazole rings is 1. The summed E-state index contributed by atoms with van der Waals surface area (Å²) in [7, 11) is -2.84. The van der Waals surface area contributed by atoms with Crippen LogP contribution in [0.4, 0.5) is 27.6 Å². The Kier molecular flexibility index (Phi) is 7.06. The molecule has 8 nitrogen and oxygen atoms in total. The fourth-order valence-electron chi connectivity index (χ4n) is 3.05. The number of anilines is 1. The van der Waals surface area contributed by atoms with Gasteiger partial charge in [0.2, 0.25) is 15.9 Å². The third-order valence-electron chi connectivity index (χ3n) is 4.69. The fourth-order valence-corrected chi connectivity index (χ4v) is 3.62. The first-order chi connectivity index (χ1) is 16.2. The zero-order valence-corrected chi connectivity index (χ0v) is 19.1. The molecular formula is C21H18F5N3O5S. The standard InChI is InChI=1S/C21H18F5N3O5S/c1-10(12-7-14(22)18(15(23)8-12)29-35(3,31)32)27-19(30)16-9-34-20(28-16)11-4-5-17(33-2)13(6-11)21(24,25)26/h4-10,29H,1-3H3,(H,27,30). The maximum absolute atomic E-state index is 14.2. The van der Waals surface area contributed by atoms with Gasteiger partial charge in [0.25, 0.3) is 5.91 Å². The number of aromatic nitrogens is 1. The Morgan fingerprint density at radius 2 is 1.77 bits per heavy atom. The van der Waals surface area contributed by atoms with E-state index in [-0.39, 0.29) is 22.7 Å². The lowest BCUT2D eigenvalue weighted by atomic mass is 10.1. The molecule has 0 fully saturated rings. The maximum atomic E-state index is 14.2. The number of halogens is 5. The Morgan fingerprint density at radius 1 is 1.14 bits per heavy atom. The second-order valence-electron chi connectivity index (χ2n) is 7.38. The van der Waals surface area contributed by atoms with Crippen LogP contribution in [0.3, 0.4) is 0 Å². The van der Waals surface area contributed by atoms with Crippen molar-refractivity contribution in [1.82, 2.24) is 10.3 Å². The highest BCUT2D eigenvalue weighted by molar-refractivity contribution is 7.92. The number of alkyl halides is 3. The molecule has 0 spiro atoms. The smallest absolute Gasteiger partial charge is 0.419 e. The second kappa shape index (κ2) is 9.52. The molecule has 0 saturated heterocycles. The van der Waals surface area contributed by atoms with Gasteiger partial charge in [-0.3, -0.25) is 9.52 Å². The van der Waals surface area contributed by atoms with Gasteiger partial charge < -0.3 is 14.5 Å². The van der Waals surface area contributed by atoms with E-state index >= 15 is 0 Å². The monoisotopic (exact) mass is 519 g/mol. The quantitative estimate of drug-likeness (QED) is 0.445. The van der Waals surface area contributed by atoms with Gasteiger partial charge in [0.15, 0.2) is 17.3 Å². The normalized spacial score (nSPS) is 12.8. The fraction of sp³-hybridized carbons (Fsp3) is 0.238. The van der Waals surface area contributed by atoms with Crippen LogP contribution in [-0.4, -0.2) is 32.7 Å². The summed E-state index contributed by atoms with van der Waals surface area (Å²) in [5.41, 5.74) is -2.32. The van der Waals surface area contributed by atoms with Crippen molar-refractivity contribution in [3.63, 3.8) is 0 Å². The molecular weight excluding hydrogens is 501 g/mol. The minimum Gasteiger partial charge on any atom is -0.496 e. The van der Waals surface area contributed by atoms with Gasteiger partial charge >= 0.3 is 6.18 Å². The molecule has 1 amide bonds. The first kappa shape index (κ1) is 25.9. The maximum Gasteiger partial charge on any atom is 0.419 e. The number of nitrogens with zero attached hydrogens (tertiary/aromatic N) is 1.